The molecular formula is C12H17BrFNO. The summed E-state index contributed by atoms with van der Waals surface area (Å²) in [5.74, 6) is 0.0956. The Morgan fingerprint density at radius 2 is 2.06 bits per heavy atom. The molecule has 90 valence electrons. The quantitative estimate of drug-likeness (QED) is 0.874. The number of aliphatic hydroxyl groups excluding tert-OH is 1. The maximum Gasteiger partial charge on any atom is 0.124 e. The normalized spacial score (nSPS) is 13.1. The Hall–Kier alpha value is -0.450. The lowest BCUT2D eigenvalue weighted by Crippen LogP contribution is -2.36. The molecule has 1 atom stereocenters. The number of aliphatic hydroxyl groups is 1. The lowest BCUT2D eigenvalue weighted by Gasteiger charge is -2.20. The molecule has 0 radical (unpaired) electrons. The van der Waals surface area contributed by atoms with E-state index in [2.05, 4.69) is 21.2 Å². The van der Waals surface area contributed by atoms with E-state index in [4.69, 9.17) is 5.11 Å². The van der Waals surface area contributed by atoms with Crippen molar-refractivity contribution in [2.75, 3.05) is 6.61 Å². The molecule has 0 bridgehead atoms. The van der Waals surface area contributed by atoms with Crippen LogP contribution in [0.3, 0.4) is 0 Å². The molecule has 0 saturated carbocycles. The molecule has 2 nitrogen and oxygen atoms in total. The van der Waals surface area contributed by atoms with Crippen LogP contribution < -0.4 is 5.32 Å². The molecule has 0 fully saturated rings. The average molecular weight is 290 g/mol. The minimum atomic E-state index is -0.253. The van der Waals surface area contributed by atoms with Crippen LogP contribution >= 0.6 is 15.9 Å². The van der Waals surface area contributed by atoms with Gasteiger partial charge in [0.1, 0.15) is 5.82 Å². The molecule has 0 heterocycles. The summed E-state index contributed by atoms with van der Waals surface area (Å²) < 4.78 is 13.8. The average Bonchev–Trinajstić information content (AvgIpc) is 2.16. The molecule has 1 unspecified atom stereocenters. The van der Waals surface area contributed by atoms with Crippen molar-refractivity contribution in [2.24, 2.45) is 5.92 Å². The Kier molecular flexibility index (Phi) is 5.38. The zero-order valence-corrected chi connectivity index (χ0v) is 11.1. The van der Waals surface area contributed by atoms with E-state index in [0.717, 1.165) is 10.0 Å². The van der Waals surface area contributed by atoms with Gasteiger partial charge >= 0.3 is 0 Å². The van der Waals surface area contributed by atoms with Crippen LogP contribution in [0.4, 0.5) is 4.39 Å². The molecule has 2 N–H and O–H groups in total. The van der Waals surface area contributed by atoms with Crippen LogP contribution in [0.5, 0.6) is 0 Å². The van der Waals surface area contributed by atoms with Gasteiger partial charge in [-0.05, 0) is 29.7 Å². The minimum Gasteiger partial charge on any atom is -0.395 e. The molecule has 0 aliphatic heterocycles. The number of hydrogen-bond donors (Lipinski definition) is 2. The highest BCUT2D eigenvalue weighted by molar-refractivity contribution is 9.10. The lowest BCUT2D eigenvalue weighted by molar-refractivity contribution is 0.210. The molecule has 0 aliphatic rings. The summed E-state index contributed by atoms with van der Waals surface area (Å²) in [5, 5.41) is 12.3. The lowest BCUT2D eigenvalue weighted by atomic mass is 10.1. The molecule has 0 amide bonds. The predicted molar refractivity (Wildman–Crippen MR) is 66.7 cm³/mol. The van der Waals surface area contributed by atoms with Crippen LogP contribution in [-0.4, -0.2) is 17.8 Å². The van der Waals surface area contributed by atoms with Crippen molar-refractivity contribution in [1.29, 1.82) is 0 Å². The van der Waals surface area contributed by atoms with Gasteiger partial charge in [-0.1, -0.05) is 29.8 Å². The summed E-state index contributed by atoms with van der Waals surface area (Å²) in [4.78, 5) is 0. The molecule has 1 rings (SSSR count). The number of hydrogen-bond acceptors (Lipinski definition) is 2. The first-order valence-corrected chi connectivity index (χ1v) is 6.11. The van der Waals surface area contributed by atoms with Crippen molar-refractivity contribution < 1.29 is 9.50 Å². The van der Waals surface area contributed by atoms with Gasteiger partial charge in [0.2, 0.25) is 0 Å². The minimum absolute atomic E-state index is 0.0436. The van der Waals surface area contributed by atoms with Crippen molar-refractivity contribution in [3.8, 4) is 0 Å². The van der Waals surface area contributed by atoms with Crippen molar-refractivity contribution >= 4 is 15.9 Å². The second-order valence-electron chi connectivity index (χ2n) is 4.19. The highest BCUT2D eigenvalue weighted by Gasteiger charge is 2.11. The SMILES string of the molecule is CC(C)C(CO)NCc1cc(F)cc(Br)c1. The van der Waals surface area contributed by atoms with E-state index < -0.39 is 0 Å². The van der Waals surface area contributed by atoms with Crippen LogP contribution in [0.15, 0.2) is 22.7 Å². The first-order valence-electron chi connectivity index (χ1n) is 5.32. The van der Waals surface area contributed by atoms with Crippen molar-refractivity contribution in [3.05, 3.63) is 34.1 Å². The van der Waals surface area contributed by atoms with Crippen LogP contribution in [-0.2, 0) is 6.54 Å². The summed E-state index contributed by atoms with van der Waals surface area (Å²) in [6.45, 7) is 4.72. The predicted octanol–water partition coefficient (Wildman–Crippen LogP) is 2.69. The highest BCUT2D eigenvalue weighted by Crippen LogP contribution is 2.15. The van der Waals surface area contributed by atoms with Crippen LogP contribution in [0.1, 0.15) is 19.4 Å². The molecule has 16 heavy (non-hydrogen) atoms. The molecule has 0 aliphatic carbocycles. The Balaban J connectivity index is 2.60. The van der Waals surface area contributed by atoms with Gasteiger partial charge in [0, 0.05) is 17.1 Å². The van der Waals surface area contributed by atoms with Crippen LogP contribution in [0, 0.1) is 11.7 Å². The molecule has 0 saturated heterocycles. The van der Waals surface area contributed by atoms with E-state index in [-0.39, 0.29) is 18.5 Å². The fourth-order valence-corrected chi connectivity index (χ4v) is 1.99. The van der Waals surface area contributed by atoms with Gasteiger partial charge in [-0.3, -0.25) is 0 Å². The second kappa shape index (κ2) is 6.33. The van der Waals surface area contributed by atoms with Gasteiger partial charge in [0.25, 0.3) is 0 Å². The van der Waals surface area contributed by atoms with Crippen molar-refractivity contribution in [1.82, 2.24) is 5.32 Å². The summed E-state index contributed by atoms with van der Waals surface area (Å²) in [7, 11) is 0. The Morgan fingerprint density at radius 3 is 2.56 bits per heavy atom. The second-order valence-corrected chi connectivity index (χ2v) is 5.11. The summed E-state index contributed by atoms with van der Waals surface area (Å²) in [6, 6.07) is 4.83. The Labute approximate surface area is 104 Å². The first kappa shape index (κ1) is 13.6. The maximum atomic E-state index is 13.1. The fraction of sp³-hybridized carbons (Fsp3) is 0.500. The largest absolute Gasteiger partial charge is 0.395 e. The van der Waals surface area contributed by atoms with Gasteiger partial charge in [-0.2, -0.15) is 0 Å². The zero-order chi connectivity index (χ0) is 12.1. The van der Waals surface area contributed by atoms with Gasteiger partial charge in [0.05, 0.1) is 6.61 Å². The van der Waals surface area contributed by atoms with E-state index >= 15 is 0 Å². The monoisotopic (exact) mass is 289 g/mol. The molecule has 4 heteroatoms. The van der Waals surface area contributed by atoms with Gasteiger partial charge in [0.15, 0.2) is 0 Å². The maximum absolute atomic E-state index is 13.1. The van der Waals surface area contributed by atoms with Crippen molar-refractivity contribution in [3.63, 3.8) is 0 Å². The molecule has 0 aromatic heterocycles. The van der Waals surface area contributed by atoms with Gasteiger partial charge in [-0.25, -0.2) is 4.39 Å². The summed E-state index contributed by atoms with van der Waals surface area (Å²) >= 11 is 3.25. The van der Waals surface area contributed by atoms with E-state index in [9.17, 15) is 4.39 Å². The van der Waals surface area contributed by atoms with Crippen molar-refractivity contribution in [2.45, 2.75) is 26.4 Å². The first-order chi connectivity index (χ1) is 7.52. The van der Waals surface area contributed by atoms with E-state index in [0.29, 0.717) is 12.5 Å². The third-order valence-electron chi connectivity index (χ3n) is 2.49. The highest BCUT2D eigenvalue weighted by atomic mass is 79.9. The number of nitrogens with one attached hydrogen (secondary N) is 1. The molecular weight excluding hydrogens is 273 g/mol. The van der Waals surface area contributed by atoms with Crippen LogP contribution in [0.25, 0.3) is 0 Å². The van der Waals surface area contributed by atoms with E-state index in [1.54, 1.807) is 0 Å². The summed E-state index contributed by atoms with van der Waals surface area (Å²) in [5.41, 5.74) is 0.867. The Bertz CT molecular complexity index is 324. The van der Waals surface area contributed by atoms with Gasteiger partial charge in [-0.15, -0.1) is 0 Å². The Morgan fingerprint density at radius 1 is 1.38 bits per heavy atom. The topological polar surface area (TPSA) is 32.3 Å². The molecule has 1 aromatic rings. The van der Waals surface area contributed by atoms with E-state index in [1.165, 1.54) is 12.1 Å². The summed E-state index contributed by atoms with van der Waals surface area (Å²) in [6.07, 6.45) is 0. The fourth-order valence-electron chi connectivity index (χ4n) is 1.47. The number of halogens is 2. The standard InChI is InChI=1S/C12H17BrFNO/c1-8(2)12(7-16)15-6-9-3-10(13)5-11(14)4-9/h3-5,8,12,15-16H,6-7H2,1-2H3. The molecule has 0 spiro atoms. The third kappa shape index (κ3) is 4.20. The third-order valence-corrected chi connectivity index (χ3v) is 2.95. The molecule has 1 aromatic carbocycles. The van der Waals surface area contributed by atoms with E-state index in [1.807, 2.05) is 19.9 Å². The zero-order valence-electron chi connectivity index (χ0n) is 9.50. The van der Waals surface area contributed by atoms with Gasteiger partial charge < -0.3 is 10.4 Å². The number of rotatable bonds is 5. The smallest absolute Gasteiger partial charge is 0.124 e. The number of benzene rings is 1. The van der Waals surface area contributed by atoms with Crippen LogP contribution in [0.2, 0.25) is 0 Å².